The molecule has 8 heteroatoms. The zero-order valence-electron chi connectivity index (χ0n) is 18.8. The first-order valence-corrected chi connectivity index (χ1v) is 10.3. The Hall–Kier alpha value is -2.77. The van der Waals surface area contributed by atoms with E-state index >= 15 is 0 Å². The van der Waals surface area contributed by atoms with Crippen molar-refractivity contribution in [2.45, 2.75) is 72.2 Å². The molecule has 0 aromatic heterocycles. The molecule has 168 valence electrons. The number of carbonyl (C=O) groups excluding carboxylic acids is 3. The molecule has 0 bridgehead atoms. The van der Waals surface area contributed by atoms with Crippen molar-refractivity contribution >= 4 is 18.1 Å². The molecule has 3 N–H and O–H groups in total. The van der Waals surface area contributed by atoms with E-state index in [4.69, 9.17) is 9.47 Å². The Labute approximate surface area is 179 Å². The summed E-state index contributed by atoms with van der Waals surface area (Å²) in [5.74, 6) is -0.305. The topological polar surface area (TPSA) is 106 Å². The second-order valence-corrected chi connectivity index (χ2v) is 8.44. The van der Waals surface area contributed by atoms with Crippen LogP contribution in [0, 0.1) is 5.92 Å². The monoisotopic (exact) mass is 421 g/mol. The Morgan fingerprint density at radius 3 is 2.17 bits per heavy atom. The first-order valence-electron chi connectivity index (χ1n) is 10.3. The average Bonchev–Trinajstić information content (AvgIpc) is 2.60. The smallest absolute Gasteiger partial charge is 0.409 e. The van der Waals surface area contributed by atoms with Gasteiger partial charge >= 0.3 is 18.1 Å². The summed E-state index contributed by atoms with van der Waals surface area (Å²) < 4.78 is 10.4. The van der Waals surface area contributed by atoms with Gasteiger partial charge in [-0.15, -0.1) is 0 Å². The molecule has 0 saturated heterocycles. The molecule has 2 atom stereocenters. The van der Waals surface area contributed by atoms with E-state index in [1.165, 1.54) is 0 Å². The Balaban J connectivity index is 2.85. The van der Waals surface area contributed by atoms with Gasteiger partial charge in [0, 0.05) is 6.42 Å². The van der Waals surface area contributed by atoms with E-state index in [-0.39, 0.29) is 12.5 Å². The minimum atomic E-state index is -0.774. The number of benzene rings is 1. The molecule has 1 aromatic carbocycles. The quantitative estimate of drug-likeness (QED) is 0.419. The number of esters is 1. The van der Waals surface area contributed by atoms with Crippen molar-refractivity contribution < 1.29 is 23.9 Å². The highest BCUT2D eigenvalue weighted by molar-refractivity contribution is 5.84. The molecule has 0 heterocycles. The molecule has 0 aliphatic carbocycles. The summed E-state index contributed by atoms with van der Waals surface area (Å²) in [6.07, 6.45) is -0.589. The largest absolute Gasteiger partial charge is 0.464 e. The van der Waals surface area contributed by atoms with Crippen LogP contribution in [0.2, 0.25) is 0 Å². The third-order valence-electron chi connectivity index (χ3n) is 3.86. The fourth-order valence-corrected chi connectivity index (χ4v) is 2.72. The number of ether oxygens (including phenoxy) is 2. The van der Waals surface area contributed by atoms with Crippen molar-refractivity contribution in [1.82, 2.24) is 16.0 Å². The van der Waals surface area contributed by atoms with Gasteiger partial charge in [-0.05, 0) is 45.6 Å². The molecule has 3 amide bonds. The third-order valence-corrected chi connectivity index (χ3v) is 3.86. The standard InChI is InChI=1S/C22H35N3O5/c1-7-29-19(26)17(13-15(2)3)23-20(27)24-18(14-16-11-9-8-10-12-16)25-21(28)30-22(4,5)6/h8-12,15,17-18H,7,13-14H2,1-6H3,(H,25,28)(H2,23,24,27)/t17-,18-/m0/s1. The van der Waals surface area contributed by atoms with Crippen LogP contribution in [0.4, 0.5) is 9.59 Å². The number of nitrogens with one attached hydrogen (secondary N) is 3. The van der Waals surface area contributed by atoms with Gasteiger partial charge in [0.2, 0.25) is 0 Å². The number of urea groups is 1. The Morgan fingerprint density at radius 1 is 1.00 bits per heavy atom. The third kappa shape index (κ3) is 10.7. The molecule has 1 aromatic rings. The van der Waals surface area contributed by atoms with Crippen LogP contribution in [-0.4, -0.2) is 42.5 Å². The van der Waals surface area contributed by atoms with Crippen LogP contribution >= 0.6 is 0 Å². The zero-order chi connectivity index (χ0) is 22.7. The van der Waals surface area contributed by atoms with Crippen molar-refractivity contribution in [2.75, 3.05) is 6.61 Å². The molecule has 0 radical (unpaired) electrons. The number of hydrogen-bond acceptors (Lipinski definition) is 5. The first kappa shape index (κ1) is 25.3. The highest BCUT2D eigenvalue weighted by Gasteiger charge is 2.25. The highest BCUT2D eigenvalue weighted by atomic mass is 16.6. The van der Waals surface area contributed by atoms with Gasteiger partial charge in [-0.1, -0.05) is 44.2 Å². The maximum Gasteiger partial charge on any atom is 0.409 e. The van der Waals surface area contributed by atoms with Crippen molar-refractivity contribution in [1.29, 1.82) is 0 Å². The summed E-state index contributed by atoms with van der Waals surface area (Å²) in [6.45, 7) is 11.1. The van der Waals surface area contributed by atoms with Gasteiger partial charge in [-0.3, -0.25) is 0 Å². The Bertz CT molecular complexity index is 686. The predicted octanol–water partition coefficient (Wildman–Crippen LogP) is 3.36. The fourth-order valence-electron chi connectivity index (χ4n) is 2.72. The van der Waals surface area contributed by atoms with Gasteiger partial charge < -0.3 is 25.4 Å². The van der Waals surface area contributed by atoms with Gasteiger partial charge in [0.05, 0.1) is 6.61 Å². The SMILES string of the molecule is CCOC(=O)[C@H](CC(C)C)NC(=O)N[C@H](Cc1ccccc1)NC(=O)OC(C)(C)C. The van der Waals surface area contributed by atoms with E-state index in [2.05, 4.69) is 16.0 Å². The van der Waals surface area contributed by atoms with Gasteiger partial charge in [0.15, 0.2) is 0 Å². The van der Waals surface area contributed by atoms with Crippen molar-refractivity contribution in [3.63, 3.8) is 0 Å². The number of rotatable bonds is 9. The van der Waals surface area contributed by atoms with E-state index < -0.39 is 35.9 Å². The average molecular weight is 422 g/mol. The van der Waals surface area contributed by atoms with Gasteiger partial charge in [0.1, 0.15) is 17.8 Å². The van der Waals surface area contributed by atoms with Crippen LogP contribution in [0.15, 0.2) is 30.3 Å². The zero-order valence-corrected chi connectivity index (χ0v) is 18.8. The maximum absolute atomic E-state index is 12.6. The van der Waals surface area contributed by atoms with Gasteiger partial charge in [-0.2, -0.15) is 0 Å². The summed E-state index contributed by atoms with van der Waals surface area (Å²) in [4.78, 5) is 37.0. The van der Waals surface area contributed by atoms with Crippen molar-refractivity contribution in [3.05, 3.63) is 35.9 Å². The number of hydrogen-bond donors (Lipinski definition) is 3. The van der Waals surface area contributed by atoms with Crippen LogP contribution in [0.5, 0.6) is 0 Å². The molecule has 0 fully saturated rings. The Morgan fingerprint density at radius 2 is 1.63 bits per heavy atom. The van der Waals surface area contributed by atoms with Crippen LogP contribution in [0.1, 0.15) is 53.5 Å². The van der Waals surface area contributed by atoms with Crippen LogP contribution in [0.25, 0.3) is 0 Å². The van der Waals surface area contributed by atoms with Crippen molar-refractivity contribution in [2.24, 2.45) is 5.92 Å². The number of carbonyl (C=O) groups is 3. The lowest BCUT2D eigenvalue weighted by Crippen LogP contribution is -2.55. The van der Waals surface area contributed by atoms with E-state index in [1.807, 2.05) is 44.2 Å². The minimum Gasteiger partial charge on any atom is -0.464 e. The summed E-state index contributed by atoms with van der Waals surface area (Å²) >= 11 is 0. The summed E-state index contributed by atoms with van der Waals surface area (Å²) in [6, 6.07) is 8.07. The molecule has 1 rings (SSSR count). The first-order chi connectivity index (χ1) is 14.0. The van der Waals surface area contributed by atoms with Crippen molar-refractivity contribution in [3.8, 4) is 0 Å². The van der Waals surface area contributed by atoms with E-state index in [1.54, 1.807) is 27.7 Å². The van der Waals surface area contributed by atoms with Gasteiger partial charge in [0.25, 0.3) is 0 Å². The molecule has 8 nitrogen and oxygen atoms in total. The lowest BCUT2D eigenvalue weighted by Gasteiger charge is -2.25. The number of amides is 3. The summed E-state index contributed by atoms with van der Waals surface area (Å²) in [5, 5.41) is 8.04. The second-order valence-electron chi connectivity index (χ2n) is 8.44. The molecule has 0 saturated carbocycles. The van der Waals surface area contributed by atoms with Crippen LogP contribution < -0.4 is 16.0 Å². The number of alkyl carbamates (subject to hydrolysis) is 1. The highest BCUT2D eigenvalue weighted by Crippen LogP contribution is 2.09. The van der Waals surface area contributed by atoms with Crippen LogP contribution in [0.3, 0.4) is 0 Å². The lowest BCUT2D eigenvalue weighted by atomic mass is 10.0. The molecule has 30 heavy (non-hydrogen) atoms. The summed E-state index contributed by atoms with van der Waals surface area (Å²) in [7, 11) is 0. The molecule has 0 unspecified atom stereocenters. The molecule has 0 aliphatic heterocycles. The lowest BCUT2D eigenvalue weighted by molar-refractivity contribution is -0.145. The summed E-state index contributed by atoms with van der Waals surface area (Å²) in [5.41, 5.74) is 0.249. The van der Waals surface area contributed by atoms with E-state index in [0.717, 1.165) is 5.56 Å². The van der Waals surface area contributed by atoms with E-state index in [0.29, 0.717) is 12.8 Å². The minimum absolute atomic E-state index is 0.180. The molecule has 0 aliphatic rings. The normalized spacial score (nSPS) is 13.2. The predicted molar refractivity (Wildman–Crippen MR) is 115 cm³/mol. The fraction of sp³-hybridized carbons (Fsp3) is 0.591. The molecule has 0 spiro atoms. The molecular weight excluding hydrogens is 386 g/mol. The maximum atomic E-state index is 12.6. The molecular formula is C22H35N3O5. The Kier molecular flexibility index (Phi) is 10.1. The second kappa shape index (κ2) is 12.0. The van der Waals surface area contributed by atoms with Crippen LogP contribution in [-0.2, 0) is 20.7 Å². The van der Waals surface area contributed by atoms with E-state index in [9.17, 15) is 14.4 Å². The van der Waals surface area contributed by atoms with Gasteiger partial charge in [-0.25, -0.2) is 14.4 Å².